The molecule has 2 fully saturated rings. The van der Waals surface area contributed by atoms with Gasteiger partial charge in [0.2, 0.25) is 11.8 Å². The fourth-order valence-corrected chi connectivity index (χ4v) is 4.65. The Morgan fingerprint density at radius 1 is 1.03 bits per heavy atom. The third-order valence-corrected chi connectivity index (χ3v) is 6.31. The molecule has 3 aliphatic heterocycles. The van der Waals surface area contributed by atoms with E-state index in [0.29, 0.717) is 18.5 Å². The molecular weight excluding hydrogens is 368 g/mol. The Balaban J connectivity index is 1.32. The molecule has 0 bridgehead atoms. The van der Waals surface area contributed by atoms with Gasteiger partial charge in [0.05, 0.1) is 0 Å². The third-order valence-electron chi connectivity index (χ3n) is 6.31. The van der Waals surface area contributed by atoms with Crippen molar-refractivity contribution in [2.45, 2.75) is 51.1 Å². The van der Waals surface area contributed by atoms with Crippen LogP contribution in [0, 0.1) is 0 Å². The molecule has 0 aromatic heterocycles. The first kappa shape index (κ1) is 20.0. The lowest BCUT2D eigenvalue weighted by Gasteiger charge is -2.29. The van der Waals surface area contributed by atoms with Gasteiger partial charge >= 0.3 is 0 Å². The van der Waals surface area contributed by atoms with Crippen molar-refractivity contribution in [2.75, 3.05) is 32.7 Å². The van der Waals surface area contributed by atoms with Crippen LogP contribution in [0.1, 0.15) is 53.6 Å². The summed E-state index contributed by atoms with van der Waals surface area (Å²) in [7, 11) is 0. The molecule has 1 aromatic rings. The van der Waals surface area contributed by atoms with Crippen molar-refractivity contribution in [2.24, 2.45) is 0 Å². The van der Waals surface area contributed by atoms with Crippen LogP contribution in [-0.2, 0) is 22.6 Å². The number of fused-ring (bicyclic) bond motifs is 1. The number of imide groups is 1. The number of benzene rings is 1. The number of unbranched alkanes of at least 4 members (excludes halogenated alkanes) is 2. The van der Waals surface area contributed by atoms with Gasteiger partial charge in [0.15, 0.2) is 0 Å². The monoisotopic (exact) mass is 398 g/mol. The maximum atomic E-state index is 12.9. The molecule has 3 heterocycles. The van der Waals surface area contributed by atoms with E-state index in [9.17, 15) is 14.4 Å². The van der Waals surface area contributed by atoms with E-state index in [-0.39, 0.29) is 24.1 Å². The average molecular weight is 399 g/mol. The Kier molecular flexibility index (Phi) is 6.25. The predicted octanol–water partition coefficient (Wildman–Crippen LogP) is 1.07. The first-order valence-corrected chi connectivity index (χ1v) is 10.8. The van der Waals surface area contributed by atoms with Crippen LogP contribution in [0.2, 0.25) is 0 Å². The molecule has 156 valence electrons. The van der Waals surface area contributed by atoms with Crippen molar-refractivity contribution in [3.63, 3.8) is 0 Å². The van der Waals surface area contributed by atoms with Gasteiger partial charge in [-0.3, -0.25) is 19.7 Å². The van der Waals surface area contributed by atoms with E-state index in [2.05, 4.69) is 21.6 Å². The Hall–Kier alpha value is -2.25. The van der Waals surface area contributed by atoms with Gasteiger partial charge in [0, 0.05) is 44.7 Å². The van der Waals surface area contributed by atoms with Crippen LogP contribution in [0.3, 0.4) is 0 Å². The maximum absolute atomic E-state index is 12.9. The first-order chi connectivity index (χ1) is 14.1. The summed E-state index contributed by atoms with van der Waals surface area (Å²) in [6.45, 7) is 6.10. The van der Waals surface area contributed by atoms with Crippen molar-refractivity contribution < 1.29 is 14.4 Å². The first-order valence-electron chi connectivity index (χ1n) is 10.8. The average Bonchev–Trinajstić information content (AvgIpc) is 3.06. The minimum atomic E-state index is -0.542. The summed E-state index contributed by atoms with van der Waals surface area (Å²) in [6.07, 6.45) is 5.15. The van der Waals surface area contributed by atoms with Gasteiger partial charge in [0.25, 0.3) is 5.91 Å². The molecule has 29 heavy (non-hydrogen) atoms. The number of nitrogens with one attached hydrogen (secondary N) is 2. The van der Waals surface area contributed by atoms with Gasteiger partial charge in [-0.2, -0.15) is 0 Å². The minimum Gasteiger partial charge on any atom is -0.322 e. The molecule has 1 atom stereocenters. The maximum Gasteiger partial charge on any atom is 0.255 e. The van der Waals surface area contributed by atoms with E-state index in [1.165, 1.54) is 18.4 Å². The Bertz CT molecular complexity index is 788. The lowest BCUT2D eigenvalue weighted by atomic mass is 9.98. The van der Waals surface area contributed by atoms with Crippen LogP contribution < -0.4 is 10.6 Å². The van der Waals surface area contributed by atoms with Crippen molar-refractivity contribution in [1.82, 2.24) is 20.4 Å². The normalized spacial score (nSPS) is 22.7. The summed E-state index contributed by atoms with van der Waals surface area (Å²) in [6, 6.07) is 5.37. The number of nitrogens with zero attached hydrogens (tertiary/aromatic N) is 2. The second kappa shape index (κ2) is 9.05. The molecule has 3 amide bonds. The smallest absolute Gasteiger partial charge is 0.255 e. The van der Waals surface area contributed by atoms with Crippen molar-refractivity contribution in [1.29, 1.82) is 0 Å². The summed E-state index contributed by atoms with van der Waals surface area (Å²) in [5.74, 6) is -0.691. The summed E-state index contributed by atoms with van der Waals surface area (Å²) in [5.41, 5.74) is 2.99. The topological polar surface area (TPSA) is 81.8 Å². The number of carbonyl (C=O) groups excluding carboxylic acids is 3. The quantitative estimate of drug-likeness (QED) is 0.530. The molecular formula is C22H30N4O3. The van der Waals surface area contributed by atoms with Gasteiger partial charge in [-0.1, -0.05) is 18.6 Å². The highest BCUT2D eigenvalue weighted by atomic mass is 16.2. The highest BCUT2D eigenvalue weighted by molar-refractivity contribution is 6.05. The Labute approximate surface area is 171 Å². The van der Waals surface area contributed by atoms with Gasteiger partial charge in [0.1, 0.15) is 6.04 Å². The zero-order chi connectivity index (χ0) is 20.2. The second-order valence-electron chi connectivity index (χ2n) is 8.25. The van der Waals surface area contributed by atoms with Crippen LogP contribution in [0.4, 0.5) is 0 Å². The van der Waals surface area contributed by atoms with Crippen LogP contribution in [0.15, 0.2) is 18.2 Å². The Morgan fingerprint density at radius 2 is 1.86 bits per heavy atom. The predicted molar refractivity (Wildman–Crippen MR) is 109 cm³/mol. The number of hydrogen-bond donors (Lipinski definition) is 2. The minimum absolute atomic E-state index is 0.0879. The van der Waals surface area contributed by atoms with E-state index in [4.69, 9.17) is 0 Å². The molecule has 2 saturated heterocycles. The molecule has 0 aliphatic carbocycles. The molecule has 0 spiro atoms. The molecule has 7 heteroatoms. The lowest BCUT2D eigenvalue weighted by molar-refractivity contribution is -0.136. The van der Waals surface area contributed by atoms with Gasteiger partial charge in [-0.05, 0) is 49.4 Å². The number of piperidine rings is 1. The number of piperazine rings is 1. The molecule has 2 N–H and O–H groups in total. The standard InChI is InChI=1S/C22H30N4O3/c27-20-9-8-19(21(28)24-20)26-15-18-16(6-4-7-17(18)22(26)29)5-2-1-3-12-25-13-10-23-11-14-25/h4,6-7,19,23H,1-3,5,8-15H2,(H,24,27,28). The lowest BCUT2D eigenvalue weighted by Crippen LogP contribution is -2.52. The molecule has 4 rings (SSSR count). The summed E-state index contributed by atoms with van der Waals surface area (Å²) < 4.78 is 0. The van der Waals surface area contributed by atoms with Crippen molar-refractivity contribution >= 4 is 17.7 Å². The zero-order valence-corrected chi connectivity index (χ0v) is 16.9. The summed E-state index contributed by atoms with van der Waals surface area (Å²) in [5, 5.41) is 5.75. The van der Waals surface area contributed by atoms with Crippen LogP contribution in [-0.4, -0.2) is 66.3 Å². The number of aryl methyl sites for hydroxylation is 1. The molecule has 3 aliphatic rings. The SMILES string of the molecule is O=C1CCC(N2Cc3c(CCCCCN4CCNCC4)cccc3C2=O)C(=O)N1. The van der Waals surface area contributed by atoms with Crippen molar-refractivity contribution in [3.8, 4) is 0 Å². The number of hydrogen-bond acceptors (Lipinski definition) is 5. The van der Waals surface area contributed by atoms with Crippen molar-refractivity contribution in [3.05, 3.63) is 34.9 Å². The highest BCUT2D eigenvalue weighted by Gasteiger charge is 2.39. The van der Waals surface area contributed by atoms with E-state index < -0.39 is 6.04 Å². The van der Waals surface area contributed by atoms with Crippen LogP contribution in [0.25, 0.3) is 0 Å². The van der Waals surface area contributed by atoms with E-state index in [1.807, 2.05) is 12.1 Å². The van der Waals surface area contributed by atoms with Gasteiger partial charge in [-0.25, -0.2) is 0 Å². The molecule has 1 unspecified atom stereocenters. The molecule has 0 radical (unpaired) electrons. The van der Waals surface area contributed by atoms with E-state index in [0.717, 1.165) is 51.1 Å². The second-order valence-corrected chi connectivity index (χ2v) is 8.25. The number of amides is 3. The fourth-order valence-electron chi connectivity index (χ4n) is 4.65. The van der Waals surface area contributed by atoms with Crippen LogP contribution in [0.5, 0.6) is 0 Å². The molecule has 1 aromatic carbocycles. The van der Waals surface area contributed by atoms with Gasteiger partial charge < -0.3 is 15.1 Å². The summed E-state index contributed by atoms with van der Waals surface area (Å²) in [4.78, 5) is 40.7. The number of carbonyl (C=O) groups is 3. The van der Waals surface area contributed by atoms with Crippen LogP contribution >= 0.6 is 0 Å². The third kappa shape index (κ3) is 4.51. The largest absolute Gasteiger partial charge is 0.322 e. The summed E-state index contributed by atoms with van der Waals surface area (Å²) >= 11 is 0. The highest BCUT2D eigenvalue weighted by Crippen LogP contribution is 2.30. The Morgan fingerprint density at radius 3 is 2.66 bits per heavy atom. The van der Waals surface area contributed by atoms with E-state index in [1.54, 1.807) is 4.90 Å². The zero-order valence-electron chi connectivity index (χ0n) is 16.9. The van der Waals surface area contributed by atoms with Gasteiger partial charge in [-0.15, -0.1) is 0 Å². The molecule has 7 nitrogen and oxygen atoms in total. The number of rotatable bonds is 7. The van der Waals surface area contributed by atoms with E-state index >= 15 is 0 Å². The molecule has 0 saturated carbocycles. The fraction of sp³-hybridized carbons (Fsp3) is 0.591.